The van der Waals surface area contributed by atoms with Crippen molar-refractivity contribution in [3.05, 3.63) is 29.8 Å². The Kier molecular flexibility index (Phi) is 4.99. The number of aryl methyl sites for hydroxylation is 1. The third-order valence-electron chi connectivity index (χ3n) is 2.52. The summed E-state index contributed by atoms with van der Waals surface area (Å²) < 4.78 is 4.97. The Bertz CT molecular complexity index is 350. The van der Waals surface area contributed by atoms with E-state index in [2.05, 4.69) is 12.2 Å². The van der Waals surface area contributed by atoms with Gasteiger partial charge in [0.25, 0.3) is 5.91 Å². The summed E-state index contributed by atoms with van der Waals surface area (Å²) in [6.45, 7) is 3.86. The van der Waals surface area contributed by atoms with E-state index < -0.39 is 6.10 Å². The molecule has 1 amide bonds. The van der Waals surface area contributed by atoms with Crippen LogP contribution in [0.1, 0.15) is 25.8 Å². The minimum atomic E-state index is -0.422. The Labute approximate surface area is 96.8 Å². The van der Waals surface area contributed by atoms with E-state index in [1.807, 2.05) is 24.3 Å². The number of carbonyl (C=O) groups excluding carboxylic acids is 1. The van der Waals surface area contributed by atoms with Gasteiger partial charge in [0.1, 0.15) is 6.10 Å². The molecule has 0 fully saturated rings. The summed E-state index contributed by atoms with van der Waals surface area (Å²) in [5.74, 6) is -0.106. The average Bonchev–Trinajstić information content (AvgIpc) is 2.31. The Hall–Kier alpha value is -1.35. The van der Waals surface area contributed by atoms with Crippen molar-refractivity contribution in [2.45, 2.75) is 32.8 Å². The van der Waals surface area contributed by atoms with Crippen LogP contribution < -0.4 is 5.32 Å². The third-order valence-corrected chi connectivity index (χ3v) is 2.52. The van der Waals surface area contributed by atoms with Gasteiger partial charge in [-0.2, -0.15) is 0 Å². The molecule has 0 saturated carbocycles. The van der Waals surface area contributed by atoms with Gasteiger partial charge >= 0.3 is 0 Å². The zero-order chi connectivity index (χ0) is 12.0. The summed E-state index contributed by atoms with van der Waals surface area (Å²) in [6.07, 6.45) is 1.61. The number of methoxy groups -OCH3 is 1. The van der Waals surface area contributed by atoms with E-state index in [0.29, 0.717) is 0 Å². The SMILES string of the molecule is CCCc1ccccc1NC(=O)C(C)OC. The molecule has 0 radical (unpaired) electrons. The van der Waals surface area contributed by atoms with Gasteiger partial charge in [-0.25, -0.2) is 0 Å². The topological polar surface area (TPSA) is 38.3 Å². The average molecular weight is 221 g/mol. The predicted octanol–water partition coefficient (Wildman–Crippen LogP) is 2.61. The lowest BCUT2D eigenvalue weighted by molar-refractivity contribution is -0.124. The lowest BCUT2D eigenvalue weighted by atomic mass is 10.1. The van der Waals surface area contributed by atoms with Crippen LogP contribution >= 0.6 is 0 Å². The lowest BCUT2D eigenvalue weighted by Crippen LogP contribution is -2.26. The first-order chi connectivity index (χ1) is 7.69. The van der Waals surface area contributed by atoms with Gasteiger partial charge in [0.15, 0.2) is 0 Å². The Morgan fingerprint density at radius 3 is 2.75 bits per heavy atom. The molecular weight excluding hydrogens is 202 g/mol. The van der Waals surface area contributed by atoms with Crippen LogP contribution in [0.4, 0.5) is 5.69 Å². The van der Waals surface area contributed by atoms with Gasteiger partial charge in [0.05, 0.1) is 0 Å². The smallest absolute Gasteiger partial charge is 0.253 e. The van der Waals surface area contributed by atoms with Gasteiger partial charge < -0.3 is 10.1 Å². The zero-order valence-electron chi connectivity index (χ0n) is 10.1. The van der Waals surface area contributed by atoms with Crippen LogP contribution in [0.2, 0.25) is 0 Å². The normalized spacial score (nSPS) is 12.2. The molecule has 0 spiro atoms. The fraction of sp³-hybridized carbons (Fsp3) is 0.462. The van der Waals surface area contributed by atoms with Gasteiger partial charge in [-0.05, 0) is 25.0 Å². The molecule has 3 nitrogen and oxygen atoms in total. The number of hydrogen-bond acceptors (Lipinski definition) is 2. The number of nitrogens with one attached hydrogen (secondary N) is 1. The molecule has 0 heterocycles. The van der Waals surface area contributed by atoms with Crippen molar-refractivity contribution in [3.63, 3.8) is 0 Å². The first-order valence-electron chi connectivity index (χ1n) is 5.60. The minimum absolute atomic E-state index is 0.106. The first-order valence-corrected chi connectivity index (χ1v) is 5.60. The van der Waals surface area contributed by atoms with E-state index in [4.69, 9.17) is 4.74 Å². The molecule has 16 heavy (non-hydrogen) atoms. The Morgan fingerprint density at radius 1 is 1.44 bits per heavy atom. The van der Waals surface area contributed by atoms with Gasteiger partial charge in [-0.15, -0.1) is 0 Å². The maximum atomic E-state index is 11.7. The number of hydrogen-bond donors (Lipinski definition) is 1. The number of benzene rings is 1. The molecule has 1 atom stereocenters. The number of rotatable bonds is 5. The molecule has 1 unspecified atom stereocenters. The lowest BCUT2D eigenvalue weighted by Gasteiger charge is -2.13. The van der Waals surface area contributed by atoms with E-state index in [1.54, 1.807) is 6.92 Å². The van der Waals surface area contributed by atoms with Crippen LogP contribution in [0.25, 0.3) is 0 Å². The molecule has 1 N–H and O–H groups in total. The summed E-state index contributed by atoms with van der Waals surface area (Å²) in [6, 6.07) is 7.87. The fourth-order valence-electron chi connectivity index (χ4n) is 1.47. The maximum absolute atomic E-state index is 11.7. The minimum Gasteiger partial charge on any atom is -0.372 e. The molecule has 0 aliphatic heterocycles. The summed E-state index contributed by atoms with van der Waals surface area (Å²) in [5.41, 5.74) is 2.06. The van der Waals surface area contributed by atoms with Crippen molar-refractivity contribution < 1.29 is 9.53 Å². The molecule has 1 rings (SSSR count). The van der Waals surface area contributed by atoms with E-state index >= 15 is 0 Å². The zero-order valence-corrected chi connectivity index (χ0v) is 10.1. The summed E-state index contributed by atoms with van der Waals surface area (Å²) in [5, 5.41) is 2.88. The summed E-state index contributed by atoms with van der Waals surface area (Å²) >= 11 is 0. The van der Waals surface area contributed by atoms with Gasteiger partial charge in [-0.3, -0.25) is 4.79 Å². The predicted molar refractivity (Wildman–Crippen MR) is 65.5 cm³/mol. The maximum Gasteiger partial charge on any atom is 0.253 e. The van der Waals surface area contributed by atoms with E-state index in [-0.39, 0.29) is 5.91 Å². The Balaban J connectivity index is 2.76. The van der Waals surface area contributed by atoms with E-state index in [0.717, 1.165) is 18.5 Å². The number of carbonyl (C=O) groups is 1. The van der Waals surface area contributed by atoms with Gasteiger partial charge in [-0.1, -0.05) is 31.5 Å². The highest BCUT2D eigenvalue weighted by atomic mass is 16.5. The molecule has 1 aromatic rings. The summed E-state index contributed by atoms with van der Waals surface area (Å²) in [4.78, 5) is 11.7. The monoisotopic (exact) mass is 221 g/mol. The highest BCUT2D eigenvalue weighted by molar-refractivity contribution is 5.94. The van der Waals surface area contributed by atoms with Crippen LogP contribution in [-0.4, -0.2) is 19.1 Å². The van der Waals surface area contributed by atoms with Crippen molar-refractivity contribution in [1.29, 1.82) is 0 Å². The van der Waals surface area contributed by atoms with Crippen molar-refractivity contribution in [2.24, 2.45) is 0 Å². The highest BCUT2D eigenvalue weighted by Gasteiger charge is 2.12. The molecule has 0 aliphatic rings. The second kappa shape index (κ2) is 6.28. The van der Waals surface area contributed by atoms with Crippen molar-refractivity contribution >= 4 is 11.6 Å². The molecule has 88 valence electrons. The molecule has 1 aromatic carbocycles. The van der Waals surface area contributed by atoms with Crippen molar-refractivity contribution in [2.75, 3.05) is 12.4 Å². The van der Waals surface area contributed by atoms with Crippen LogP contribution in [0, 0.1) is 0 Å². The fourth-order valence-corrected chi connectivity index (χ4v) is 1.47. The van der Waals surface area contributed by atoms with E-state index in [1.165, 1.54) is 12.7 Å². The third kappa shape index (κ3) is 3.35. The second-order valence-corrected chi connectivity index (χ2v) is 3.77. The molecule has 0 aromatic heterocycles. The number of anilines is 1. The van der Waals surface area contributed by atoms with Gasteiger partial charge in [0, 0.05) is 12.8 Å². The summed E-state index contributed by atoms with van der Waals surface area (Å²) in [7, 11) is 1.53. The molecule has 0 bridgehead atoms. The van der Waals surface area contributed by atoms with Crippen molar-refractivity contribution in [3.8, 4) is 0 Å². The molecule has 3 heteroatoms. The van der Waals surface area contributed by atoms with Crippen LogP contribution in [0.3, 0.4) is 0 Å². The van der Waals surface area contributed by atoms with E-state index in [9.17, 15) is 4.79 Å². The highest BCUT2D eigenvalue weighted by Crippen LogP contribution is 2.17. The quantitative estimate of drug-likeness (QED) is 0.830. The largest absolute Gasteiger partial charge is 0.372 e. The van der Waals surface area contributed by atoms with Crippen molar-refractivity contribution in [1.82, 2.24) is 0 Å². The molecule has 0 aliphatic carbocycles. The number of ether oxygens (including phenoxy) is 1. The van der Waals surface area contributed by atoms with Gasteiger partial charge in [0.2, 0.25) is 0 Å². The molecular formula is C13H19NO2. The number of amides is 1. The van der Waals surface area contributed by atoms with Crippen LogP contribution in [-0.2, 0) is 16.0 Å². The van der Waals surface area contributed by atoms with Crippen LogP contribution in [0.5, 0.6) is 0 Å². The standard InChI is InChI=1S/C13H19NO2/c1-4-7-11-8-5-6-9-12(11)14-13(15)10(2)16-3/h5-6,8-10H,4,7H2,1-3H3,(H,14,15). The van der Waals surface area contributed by atoms with Crippen LogP contribution in [0.15, 0.2) is 24.3 Å². The Morgan fingerprint density at radius 2 is 2.12 bits per heavy atom. The number of para-hydroxylation sites is 1. The second-order valence-electron chi connectivity index (χ2n) is 3.77. The molecule has 0 saturated heterocycles. The first kappa shape index (κ1) is 12.7.